The lowest BCUT2D eigenvalue weighted by molar-refractivity contribution is -0.136. The van der Waals surface area contributed by atoms with E-state index in [9.17, 15) is 13.2 Å². The molecule has 0 bridgehead atoms. The summed E-state index contributed by atoms with van der Waals surface area (Å²) in [5, 5.41) is 4.37. The van der Waals surface area contributed by atoms with Gasteiger partial charge in [0.2, 0.25) is 0 Å². The molecule has 0 saturated heterocycles. The van der Waals surface area contributed by atoms with Crippen LogP contribution in [0.25, 0.3) is 0 Å². The molecule has 0 aliphatic carbocycles. The van der Waals surface area contributed by atoms with Crippen molar-refractivity contribution in [2.75, 3.05) is 0 Å². The van der Waals surface area contributed by atoms with Crippen molar-refractivity contribution in [3.8, 4) is 0 Å². The van der Waals surface area contributed by atoms with Crippen LogP contribution in [0.3, 0.4) is 0 Å². The molecule has 19 heavy (non-hydrogen) atoms. The van der Waals surface area contributed by atoms with E-state index in [0.717, 1.165) is 17.8 Å². The van der Waals surface area contributed by atoms with Gasteiger partial charge in [0.05, 0.1) is 5.69 Å². The third-order valence-electron chi connectivity index (χ3n) is 3.04. The normalized spacial score (nSPS) is 13.8. The first-order valence-corrected chi connectivity index (χ1v) is 6.48. The molecular formula is C12H21F3N4. The average molecular weight is 278 g/mol. The highest BCUT2D eigenvalue weighted by atomic mass is 19.4. The maximum absolute atomic E-state index is 12.2. The molecule has 0 spiro atoms. The fourth-order valence-corrected chi connectivity index (χ4v) is 1.96. The second kappa shape index (κ2) is 6.91. The van der Waals surface area contributed by atoms with E-state index in [1.165, 1.54) is 0 Å². The molecule has 0 saturated carbocycles. The molecule has 3 N–H and O–H groups in total. The number of halogens is 3. The molecule has 0 radical (unpaired) electrons. The Hall–Kier alpha value is -1.08. The zero-order valence-electron chi connectivity index (χ0n) is 11.3. The van der Waals surface area contributed by atoms with Crippen LogP contribution in [0, 0.1) is 0 Å². The molecule has 0 amide bonds. The molecule has 1 unspecified atom stereocenters. The van der Waals surface area contributed by atoms with Crippen molar-refractivity contribution in [3.05, 3.63) is 17.5 Å². The number of aromatic nitrogens is 2. The molecule has 1 aromatic heterocycles. The summed E-state index contributed by atoms with van der Waals surface area (Å²) in [6.45, 7) is 4.65. The van der Waals surface area contributed by atoms with Crippen LogP contribution in [-0.2, 0) is 19.4 Å². The molecule has 1 rings (SSSR count). The first-order valence-electron chi connectivity index (χ1n) is 6.48. The van der Waals surface area contributed by atoms with Crippen LogP contribution in [0.4, 0.5) is 13.2 Å². The van der Waals surface area contributed by atoms with Crippen molar-refractivity contribution in [2.24, 2.45) is 5.84 Å². The third-order valence-corrected chi connectivity index (χ3v) is 3.04. The lowest BCUT2D eigenvalue weighted by Gasteiger charge is -2.17. The third kappa shape index (κ3) is 5.20. The topological polar surface area (TPSA) is 55.9 Å². The molecule has 7 heteroatoms. The van der Waals surface area contributed by atoms with E-state index >= 15 is 0 Å². The number of alkyl halides is 3. The maximum Gasteiger partial charge on any atom is 0.389 e. The molecule has 1 aromatic rings. The van der Waals surface area contributed by atoms with Gasteiger partial charge in [0.1, 0.15) is 0 Å². The van der Waals surface area contributed by atoms with Crippen LogP contribution in [0.5, 0.6) is 0 Å². The number of nitrogens with zero attached hydrogens (tertiary/aromatic N) is 2. The first-order chi connectivity index (χ1) is 8.89. The van der Waals surface area contributed by atoms with Crippen LogP contribution in [0.15, 0.2) is 6.07 Å². The van der Waals surface area contributed by atoms with Crippen LogP contribution in [-0.4, -0.2) is 22.0 Å². The Balaban J connectivity index is 2.67. The molecule has 0 fully saturated rings. The Kier molecular flexibility index (Phi) is 5.81. The first kappa shape index (κ1) is 16.0. The zero-order chi connectivity index (χ0) is 14.5. The summed E-state index contributed by atoms with van der Waals surface area (Å²) in [6.07, 6.45) is -3.75. The van der Waals surface area contributed by atoms with Gasteiger partial charge in [0.25, 0.3) is 0 Å². The highest BCUT2D eigenvalue weighted by Crippen LogP contribution is 2.23. The van der Waals surface area contributed by atoms with Gasteiger partial charge >= 0.3 is 6.18 Å². The molecular weight excluding hydrogens is 257 g/mol. The second-order valence-corrected chi connectivity index (χ2v) is 4.52. The standard InChI is InChI=1S/C12H21F3N4/c1-3-9-7-11(19(4-2)18-9)8-10(17-16)5-6-12(13,14)15/h7,10,17H,3-6,8,16H2,1-2H3. The average Bonchev–Trinajstić information content (AvgIpc) is 2.75. The van der Waals surface area contributed by atoms with Crippen LogP contribution in [0.1, 0.15) is 38.1 Å². The van der Waals surface area contributed by atoms with Gasteiger partial charge in [-0.1, -0.05) is 6.92 Å². The minimum Gasteiger partial charge on any atom is -0.271 e. The van der Waals surface area contributed by atoms with Gasteiger partial charge in [-0.2, -0.15) is 18.3 Å². The van der Waals surface area contributed by atoms with Gasteiger partial charge in [-0.15, -0.1) is 0 Å². The van der Waals surface area contributed by atoms with E-state index in [0.29, 0.717) is 13.0 Å². The lowest BCUT2D eigenvalue weighted by atomic mass is 10.1. The quantitative estimate of drug-likeness (QED) is 0.594. The Bertz CT molecular complexity index is 387. The minimum atomic E-state index is -4.14. The number of nitrogens with two attached hydrogens (primary N) is 1. The number of rotatable bonds is 7. The second-order valence-electron chi connectivity index (χ2n) is 4.52. The molecule has 0 aromatic carbocycles. The highest BCUT2D eigenvalue weighted by Gasteiger charge is 2.28. The molecule has 0 aliphatic rings. The minimum absolute atomic E-state index is 0.0314. The van der Waals surface area contributed by atoms with Crippen molar-refractivity contribution in [3.63, 3.8) is 0 Å². The summed E-state index contributed by atoms with van der Waals surface area (Å²) in [4.78, 5) is 0. The molecule has 4 nitrogen and oxygen atoms in total. The smallest absolute Gasteiger partial charge is 0.271 e. The predicted molar refractivity (Wildman–Crippen MR) is 67.4 cm³/mol. The maximum atomic E-state index is 12.2. The van der Waals surface area contributed by atoms with E-state index in [1.807, 2.05) is 24.6 Å². The van der Waals surface area contributed by atoms with E-state index in [1.54, 1.807) is 0 Å². The van der Waals surface area contributed by atoms with Gasteiger partial charge in [0, 0.05) is 31.1 Å². The summed E-state index contributed by atoms with van der Waals surface area (Å²) in [5.41, 5.74) is 4.33. The zero-order valence-corrected chi connectivity index (χ0v) is 11.3. The summed E-state index contributed by atoms with van der Waals surface area (Å²) in [5.74, 6) is 5.33. The number of nitrogens with one attached hydrogen (secondary N) is 1. The van der Waals surface area contributed by atoms with Crippen molar-refractivity contribution in [1.82, 2.24) is 15.2 Å². The van der Waals surface area contributed by atoms with Gasteiger partial charge < -0.3 is 0 Å². The molecule has 1 heterocycles. The lowest BCUT2D eigenvalue weighted by Crippen LogP contribution is -2.38. The monoisotopic (exact) mass is 278 g/mol. The molecule has 110 valence electrons. The Labute approximate surface area is 111 Å². The summed E-state index contributed by atoms with van der Waals surface area (Å²) in [7, 11) is 0. The number of hydrazine groups is 1. The number of hydrogen-bond donors (Lipinski definition) is 2. The molecule has 0 aliphatic heterocycles. The number of hydrogen-bond acceptors (Lipinski definition) is 3. The summed E-state index contributed by atoms with van der Waals surface area (Å²) in [6, 6.07) is 1.54. The van der Waals surface area contributed by atoms with Crippen molar-refractivity contribution >= 4 is 0 Å². The van der Waals surface area contributed by atoms with E-state index < -0.39 is 18.6 Å². The summed E-state index contributed by atoms with van der Waals surface area (Å²) < 4.78 is 38.4. The fourth-order valence-electron chi connectivity index (χ4n) is 1.96. The van der Waals surface area contributed by atoms with Crippen molar-refractivity contribution < 1.29 is 13.2 Å². The largest absolute Gasteiger partial charge is 0.389 e. The Morgan fingerprint density at radius 1 is 1.42 bits per heavy atom. The SMILES string of the molecule is CCc1cc(CC(CCC(F)(F)F)NN)n(CC)n1. The highest BCUT2D eigenvalue weighted by molar-refractivity contribution is 5.11. The van der Waals surface area contributed by atoms with E-state index in [2.05, 4.69) is 10.5 Å². The Morgan fingerprint density at radius 2 is 2.11 bits per heavy atom. The van der Waals surface area contributed by atoms with Gasteiger partial charge in [-0.05, 0) is 25.8 Å². The van der Waals surface area contributed by atoms with Crippen LogP contribution in [0.2, 0.25) is 0 Å². The Morgan fingerprint density at radius 3 is 2.58 bits per heavy atom. The number of aryl methyl sites for hydroxylation is 2. The van der Waals surface area contributed by atoms with E-state index in [4.69, 9.17) is 5.84 Å². The fraction of sp³-hybridized carbons (Fsp3) is 0.750. The van der Waals surface area contributed by atoms with Crippen molar-refractivity contribution in [2.45, 2.75) is 58.3 Å². The van der Waals surface area contributed by atoms with Crippen LogP contribution >= 0.6 is 0 Å². The predicted octanol–water partition coefficient (Wildman–Crippen LogP) is 2.18. The van der Waals surface area contributed by atoms with Gasteiger partial charge in [-0.3, -0.25) is 16.0 Å². The van der Waals surface area contributed by atoms with E-state index in [-0.39, 0.29) is 6.42 Å². The molecule has 1 atom stereocenters. The van der Waals surface area contributed by atoms with Gasteiger partial charge in [0.15, 0.2) is 0 Å². The summed E-state index contributed by atoms with van der Waals surface area (Å²) >= 11 is 0. The van der Waals surface area contributed by atoms with Crippen LogP contribution < -0.4 is 11.3 Å². The van der Waals surface area contributed by atoms with Crippen molar-refractivity contribution in [1.29, 1.82) is 0 Å². The van der Waals surface area contributed by atoms with Gasteiger partial charge in [-0.25, -0.2) is 0 Å².